The van der Waals surface area contributed by atoms with Crippen LogP contribution in [-0.2, 0) is 6.42 Å². The Morgan fingerprint density at radius 3 is 2.57 bits per heavy atom. The zero-order chi connectivity index (χ0) is 14.7. The number of rotatable bonds is 4. The smallest absolute Gasteiger partial charge is 0.123 e. The van der Waals surface area contributed by atoms with Gasteiger partial charge < -0.3 is 0 Å². The molecular formula is C20H27F. The highest BCUT2D eigenvalue weighted by Crippen LogP contribution is 2.35. The van der Waals surface area contributed by atoms with Crippen LogP contribution in [0.25, 0.3) is 6.08 Å². The summed E-state index contributed by atoms with van der Waals surface area (Å²) in [6.45, 7) is 2.33. The zero-order valence-electron chi connectivity index (χ0n) is 13.2. The molecule has 1 aromatic rings. The summed E-state index contributed by atoms with van der Waals surface area (Å²) in [5, 5.41) is 0. The van der Waals surface area contributed by atoms with E-state index in [1.54, 1.807) is 17.7 Å². The molecule has 0 saturated heterocycles. The molecule has 0 amide bonds. The molecule has 0 unspecified atom stereocenters. The van der Waals surface area contributed by atoms with Gasteiger partial charge in [0.05, 0.1) is 0 Å². The summed E-state index contributed by atoms with van der Waals surface area (Å²) >= 11 is 0. The predicted molar refractivity (Wildman–Crippen MR) is 87.7 cm³/mol. The highest BCUT2D eigenvalue weighted by molar-refractivity contribution is 5.59. The van der Waals surface area contributed by atoms with Gasteiger partial charge in [-0.15, -0.1) is 0 Å². The van der Waals surface area contributed by atoms with Crippen molar-refractivity contribution in [2.24, 2.45) is 11.8 Å². The largest absolute Gasteiger partial charge is 0.207 e. The lowest BCUT2D eigenvalue weighted by Crippen LogP contribution is -2.14. The molecule has 3 rings (SSSR count). The van der Waals surface area contributed by atoms with Crippen LogP contribution in [-0.4, -0.2) is 0 Å². The van der Waals surface area contributed by atoms with Crippen LogP contribution in [0.15, 0.2) is 23.8 Å². The molecule has 1 heteroatoms. The Morgan fingerprint density at radius 1 is 1.05 bits per heavy atom. The lowest BCUT2D eigenvalue weighted by Gasteiger charge is -2.28. The Morgan fingerprint density at radius 2 is 1.81 bits per heavy atom. The minimum Gasteiger partial charge on any atom is -0.207 e. The Hall–Kier alpha value is -1.11. The van der Waals surface area contributed by atoms with Crippen molar-refractivity contribution in [1.29, 1.82) is 0 Å². The molecule has 2 aliphatic carbocycles. The van der Waals surface area contributed by atoms with E-state index in [1.165, 1.54) is 56.1 Å². The Labute approximate surface area is 128 Å². The third kappa shape index (κ3) is 3.75. The van der Waals surface area contributed by atoms with Crippen molar-refractivity contribution in [3.05, 3.63) is 40.7 Å². The molecule has 0 bridgehead atoms. The predicted octanol–water partition coefficient (Wildman–Crippen LogP) is 6.15. The van der Waals surface area contributed by atoms with Gasteiger partial charge in [0.1, 0.15) is 5.82 Å². The van der Waals surface area contributed by atoms with Crippen LogP contribution >= 0.6 is 0 Å². The van der Waals surface area contributed by atoms with Gasteiger partial charge >= 0.3 is 0 Å². The number of hydrogen-bond acceptors (Lipinski definition) is 0. The molecule has 0 heterocycles. The number of hydrogen-bond donors (Lipinski definition) is 0. The molecule has 0 N–H and O–H groups in total. The molecule has 0 aromatic heterocycles. The van der Waals surface area contributed by atoms with Crippen molar-refractivity contribution < 1.29 is 4.39 Å². The molecule has 2 aliphatic rings. The summed E-state index contributed by atoms with van der Waals surface area (Å²) in [6.07, 6.45) is 14.2. The minimum absolute atomic E-state index is 0.0988. The fourth-order valence-electron chi connectivity index (χ4n) is 4.03. The number of fused-ring (bicyclic) bond motifs is 1. The Bertz CT molecular complexity index is 507. The highest BCUT2D eigenvalue weighted by Gasteiger charge is 2.20. The molecular weight excluding hydrogens is 259 g/mol. The lowest BCUT2D eigenvalue weighted by molar-refractivity contribution is 0.258. The SMILES string of the molecule is CCC1CCC(CCC2=Cc3ccc(F)cc3CC2)CC1. The van der Waals surface area contributed by atoms with E-state index < -0.39 is 0 Å². The van der Waals surface area contributed by atoms with Crippen molar-refractivity contribution in [3.8, 4) is 0 Å². The maximum atomic E-state index is 13.2. The molecule has 114 valence electrons. The minimum atomic E-state index is -0.0988. The van der Waals surface area contributed by atoms with Crippen molar-refractivity contribution in [1.82, 2.24) is 0 Å². The van der Waals surface area contributed by atoms with Crippen LogP contribution in [0, 0.1) is 17.7 Å². The fraction of sp³-hybridized carbons (Fsp3) is 0.600. The third-order valence-corrected chi connectivity index (χ3v) is 5.60. The van der Waals surface area contributed by atoms with E-state index in [1.807, 2.05) is 6.07 Å². The van der Waals surface area contributed by atoms with Gasteiger partial charge in [0.15, 0.2) is 0 Å². The maximum absolute atomic E-state index is 13.2. The molecule has 0 radical (unpaired) electrons. The van der Waals surface area contributed by atoms with E-state index in [0.717, 1.165) is 24.7 Å². The molecule has 1 fully saturated rings. The van der Waals surface area contributed by atoms with Crippen LogP contribution in [0.5, 0.6) is 0 Å². The monoisotopic (exact) mass is 286 g/mol. The number of allylic oxidation sites excluding steroid dienone is 1. The van der Waals surface area contributed by atoms with Gasteiger partial charge in [-0.25, -0.2) is 4.39 Å². The molecule has 0 aliphatic heterocycles. The van der Waals surface area contributed by atoms with Crippen LogP contribution in [0.1, 0.15) is 69.4 Å². The molecule has 0 spiro atoms. The first-order chi connectivity index (χ1) is 10.2. The van der Waals surface area contributed by atoms with Crippen molar-refractivity contribution >= 4 is 6.08 Å². The average Bonchev–Trinajstić information content (AvgIpc) is 2.53. The lowest BCUT2D eigenvalue weighted by atomic mass is 9.78. The van der Waals surface area contributed by atoms with Gasteiger partial charge in [-0.3, -0.25) is 0 Å². The molecule has 1 saturated carbocycles. The van der Waals surface area contributed by atoms with Crippen LogP contribution < -0.4 is 0 Å². The van der Waals surface area contributed by atoms with E-state index in [-0.39, 0.29) is 5.82 Å². The summed E-state index contributed by atoms with van der Waals surface area (Å²) in [6, 6.07) is 5.23. The van der Waals surface area contributed by atoms with Crippen LogP contribution in [0.3, 0.4) is 0 Å². The summed E-state index contributed by atoms with van der Waals surface area (Å²) in [7, 11) is 0. The fourth-order valence-corrected chi connectivity index (χ4v) is 4.03. The van der Waals surface area contributed by atoms with E-state index in [9.17, 15) is 4.39 Å². The average molecular weight is 286 g/mol. The molecule has 1 aromatic carbocycles. The van der Waals surface area contributed by atoms with Gasteiger partial charge in [-0.2, -0.15) is 0 Å². The second kappa shape index (κ2) is 6.77. The first-order valence-corrected chi connectivity index (χ1v) is 8.72. The van der Waals surface area contributed by atoms with Crippen LogP contribution in [0.2, 0.25) is 0 Å². The van der Waals surface area contributed by atoms with E-state index in [0.29, 0.717) is 0 Å². The molecule has 21 heavy (non-hydrogen) atoms. The number of aryl methyl sites for hydroxylation is 1. The Balaban J connectivity index is 1.53. The van der Waals surface area contributed by atoms with E-state index in [4.69, 9.17) is 0 Å². The van der Waals surface area contributed by atoms with Crippen molar-refractivity contribution in [2.45, 2.75) is 64.7 Å². The number of benzene rings is 1. The summed E-state index contributed by atoms with van der Waals surface area (Å²) in [5.41, 5.74) is 4.00. The third-order valence-electron chi connectivity index (χ3n) is 5.60. The first-order valence-electron chi connectivity index (χ1n) is 8.72. The first kappa shape index (κ1) is 14.8. The van der Waals surface area contributed by atoms with E-state index >= 15 is 0 Å². The second-order valence-electron chi connectivity index (χ2n) is 6.98. The topological polar surface area (TPSA) is 0 Å². The normalized spacial score (nSPS) is 25.3. The summed E-state index contributed by atoms with van der Waals surface area (Å²) < 4.78 is 13.2. The summed E-state index contributed by atoms with van der Waals surface area (Å²) in [5.74, 6) is 1.85. The molecule has 0 atom stereocenters. The maximum Gasteiger partial charge on any atom is 0.123 e. The van der Waals surface area contributed by atoms with Gasteiger partial charge in [-0.1, -0.05) is 56.7 Å². The zero-order valence-corrected chi connectivity index (χ0v) is 13.2. The summed E-state index contributed by atoms with van der Waals surface area (Å²) in [4.78, 5) is 0. The van der Waals surface area contributed by atoms with Crippen molar-refractivity contribution in [2.75, 3.05) is 0 Å². The quantitative estimate of drug-likeness (QED) is 0.622. The van der Waals surface area contributed by atoms with Gasteiger partial charge in [-0.05, 0) is 60.8 Å². The van der Waals surface area contributed by atoms with Crippen LogP contribution in [0.4, 0.5) is 4.39 Å². The molecule has 0 nitrogen and oxygen atoms in total. The Kier molecular flexibility index (Phi) is 4.77. The van der Waals surface area contributed by atoms with Gasteiger partial charge in [0.2, 0.25) is 0 Å². The van der Waals surface area contributed by atoms with E-state index in [2.05, 4.69) is 13.0 Å². The van der Waals surface area contributed by atoms with Gasteiger partial charge in [0, 0.05) is 0 Å². The van der Waals surface area contributed by atoms with Gasteiger partial charge in [0.25, 0.3) is 0 Å². The highest BCUT2D eigenvalue weighted by atomic mass is 19.1. The van der Waals surface area contributed by atoms with Crippen molar-refractivity contribution in [3.63, 3.8) is 0 Å². The second-order valence-corrected chi connectivity index (χ2v) is 6.98. The standard InChI is InChI=1S/C20H27F/c1-2-15-3-5-16(6-4-15)7-8-17-9-10-19-14-20(21)12-11-18(19)13-17/h11-16H,2-10H2,1H3. The number of halogens is 1.